The molecule has 0 aliphatic heterocycles. The molecule has 0 rings (SSSR count). The predicted octanol–water partition coefficient (Wildman–Crippen LogP) is 2.01. The SMILES string of the molecule is CCC(C)C(=O)N(CCCN)C(C)(C)C. The summed E-state index contributed by atoms with van der Waals surface area (Å²) in [5.74, 6) is 0.362. The maximum absolute atomic E-state index is 12.1. The number of hydrogen-bond acceptors (Lipinski definition) is 2. The van der Waals surface area contributed by atoms with Gasteiger partial charge in [-0.1, -0.05) is 13.8 Å². The van der Waals surface area contributed by atoms with Crippen molar-refractivity contribution in [3.63, 3.8) is 0 Å². The van der Waals surface area contributed by atoms with Crippen molar-refractivity contribution in [2.75, 3.05) is 13.1 Å². The molecule has 0 spiro atoms. The van der Waals surface area contributed by atoms with Crippen molar-refractivity contribution >= 4 is 5.91 Å². The van der Waals surface area contributed by atoms with Gasteiger partial charge in [0.2, 0.25) is 5.91 Å². The van der Waals surface area contributed by atoms with Gasteiger partial charge < -0.3 is 10.6 Å². The summed E-state index contributed by atoms with van der Waals surface area (Å²) in [5.41, 5.74) is 5.39. The predicted molar refractivity (Wildman–Crippen MR) is 64.6 cm³/mol. The third kappa shape index (κ3) is 4.65. The van der Waals surface area contributed by atoms with Crippen LogP contribution in [-0.4, -0.2) is 29.4 Å². The zero-order valence-corrected chi connectivity index (χ0v) is 10.8. The Morgan fingerprint density at radius 2 is 1.93 bits per heavy atom. The van der Waals surface area contributed by atoms with E-state index in [1.165, 1.54) is 0 Å². The second-order valence-corrected chi connectivity index (χ2v) is 5.11. The minimum atomic E-state index is -0.102. The normalized spacial score (nSPS) is 13.7. The summed E-state index contributed by atoms with van der Waals surface area (Å²) in [7, 11) is 0. The monoisotopic (exact) mass is 214 g/mol. The van der Waals surface area contributed by atoms with Crippen molar-refractivity contribution in [1.29, 1.82) is 0 Å². The molecule has 0 aliphatic carbocycles. The van der Waals surface area contributed by atoms with E-state index in [9.17, 15) is 4.79 Å². The Labute approximate surface area is 94.0 Å². The number of carbonyl (C=O) groups excluding carboxylic acids is 1. The Hall–Kier alpha value is -0.570. The highest BCUT2D eigenvalue weighted by Gasteiger charge is 2.28. The third-order valence-corrected chi connectivity index (χ3v) is 2.70. The molecule has 15 heavy (non-hydrogen) atoms. The molecule has 3 nitrogen and oxygen atoms in total. The maximum atomic E-state index is 12.1. The van der Waals surface area contributed by atoms with Crippen LogP contribution >= 0.6 is 0 Å². The molecule has 0 aromatic heterocycles. The summed E-state index contributed by atoms with van der Waals surface area (Å²) in [4.78, 5) is 14.1. The van der Waals surface area contributed by atoms with E-state index in [1.807, 2.05) is 18.7 Å². The van der Waals surface area contributed by atoms with E-state index in [1.54, 1.807) is 0 Å². The number of nitrogens with two attached hydrogens (primary N) is 1. The fraction of sp³-hybridized carbons (Fsp3) is 0.917. The molecular weight excluding hydrogens is 188 g/mol. The van der Waals surface area contributed by atoms with Gasteiger partial charge in [-0.05, 0) is 40.2 Å². The number of carbonyl (C=O) groups is 1. The zero-order valence-electron chi connectivity index (χ0n) is 10.8. The van der Waals surface area contributed by atoms with Gasteiger partial charge in [0.05, 0.1) is 0 Å². The van der Waals surface area contributed by atoms with Crippen LogP contribution in [0.15, 0.2) is 0 Å². The first-order valence-electron chi connectivity index (χ1n) is 5.86. The molecule has 0 heterocycles. The lowest BCUT2D eigenvalue weighted by Gasteiger charge is -2.37. The van der Waals surface area contributed by atoms with Crippen molar-refractivity contribution in [1.82, 2.24) is 4.90 Å². The molecule has 0 fully saturated rings. The Kier molecular flexibility index (Phi) is 5.88. The van der Waals surface area contributed by atoms with Crippen molar-refractivity contribution in [3.05, 3.63) is 0 Å². The Morgan fingerprint density at radius 1 is 1.40 bits per heavy atom. The van der Waals surface area contributed by atoms with E-state index in [0.717, 1.165) is 19.4 Å². The van der Waals surface area contributed by atoms with E-state index < -0.39 is 0 Å². The molecule has 0 aromatic rings. The topological polar surface area (TPSA) is 46.3 Å². The van der Waals surface area contributed by atoms with E-state index >= 15 is 0 Å². The Balaban J connectivity index is 4.56. The standard InChI is InChI=1S/C12H26N2O/c1-6-10(2)11(15)14(9-7-8-13)12(3,4)5/h10H,6-9,13H2,1-5H3. The average molecular weight is 214 g/mol. The molecular formula is C12H26N2O. The quantitative estimate of drug-likeness (QED) is 0.761. The molecule has 0 radical (unpaired) electrons. The van der Waals surface area contributed by atoms with Gasteiger partial charge in [-0.15, -0.1) is 0 Å². The van der Waals surface area contributed by atoms with Gasteiger partial charge in [0, 0.05) is 18.0 Å². The summed E-state index contributed by atoms with van der Waals surface area (Å²) in [5, 5.41) is 0. The second kappa shape index (κ2) is 6.11. The summed E-state index contributed by atoms with van der Waals surface area (Å²) in [6.07, 6.45) is 1.77. The van der Waals surface area contributed by atoms with E-state index in [2.05, 4.69) is 20.8 Å². The lowest BCUT2D eigenvalue weighted by Crippen LogP contribution is -2.48. The highest BCUT2D eigenvalue weighted by atomic mass is 16.2. The highest BCUT2D eigenvalue weighted by molar-refractivity contribution is 5.79. The minimum Gasteiger partial charge on any atom is -0.338 e. The summed E-state index contributed by atoms with van der Waals surface area (Å²) in [6.45, 7) is 11.7. The van der Waals surface area contributed by atoms with Gasteiger partial charge in [0.1, 0.15) is 0 Å². The molecule has 2 N–H and O–H groups in total. The fourth-order valence-corrected chi connectivity index (χ4v) is 1.47. The van der Waals surface area contributed by atoms with E-state index in [-0.39, 0.29) is 17.4 Å². The van der Waals surface area contributed by atoms with Crippen LogP contribution in [0.25, 0.3) is 0 Å². The van der Waals surface area contributed by atoms with Gasteiger partial charge in [-0.2, -0.15) is 0 Å². The zero-order chi connectivity index (χ0) is 12.1. The fourth-order valence-electron chi connectivity index (χ4n) is 1.47. The van der Waals surface area contributed by atoms with E-state index in [0.29, 0.717) is 6.54 Å². The van der Waals surface area contributed by atoms with Crippen LogP contribution in [0.5, 0.6) is 0 Å². The first-order valence-corrected chi connectivity index (χ1v) is 5.86. The maximum Gasteiger partial charge on any atom is 0.225 e. The number of rotatable bonds is 5. The first kappa shape index (κ1) is 14.4. The van der Waals surface area contributed by atoms with Crippen LogP contribution in [-0.2, 0) is 4.79 Å². The lowest BCUT2D eigenvalue weighted by molar-refractivity contribution is -0.140. The molecule has 1 amide bonds. The third-order valence-electron chi connectivity index (χ3n) is 2.70. The lowest BCUT2D eigenvalue weighted by atomic mass is 10.0. The second-order valence-electron chi connectivity index (χ2n) is 5.11. The Morgan fingerprint density at radius 3 is 2.27 bits per heavy atom. The van der Waals surface area contributed by atoms with Crippen LogP contribution in [0.1, 0.15) is 47.5 Å². The summed E-state index contributed by atoms with van der Waals surface area (Å²) in [6, 6.07) is 0. The summed E-state index contributed by atoms with van der Waals surface area (Å²) < 4.78 is 0. The molecule has 90 valence electrons. The number of nitrogens with zero attached hydrogens (tertiary/aromatic N) is 1. The number of hydrogen-bond donors (Lipinski definition) is 1. The van der Waals surface area contributed by atoms with Crippen LogP contribution in [0.4, 0.5) is 0 Å². The molecule has 0 aromatic carbocycles. The van der Waals surface area contributed by atoms with Crippen molar-refractivity contribution in [2.45, 2.75) is 53.0 Å². The van der Waals surface area contributed by atoms with Crippen LogP contribution in [0, 0.1) is 5.92 Å². The van der Waals surface area contributed by atoms with Crippen molar-refractivity contribution in [3.8, 4) is 0 Å². The Bertz CT molecular complexity index is 196. The molecule has 0 saturated heterocycles. The molecule has 0 saturated carbocycles. The van der Waals surface area contributed by atoms with E-state index in [4.69, 9.17) is 5.73 Å². The molecule has 0 bridgehead atoms. The van der Waals surface area contributed by atoms with Crippen LogP contribution in [0.2, 0.25) is 0 Å². The van der Waals surface area contributed by atoms with Crippen molar-refractivity contribution < 1.29 is 4.79 Å². The van der Waals surface area contributed by atoms with Crippen LogP contribution in [0.3, 0.4) is 0 Å². The largest absolute Gasteiger partial charge is 0.338 e. The van der Waals surface area contributed by atoms with Gasteiger partial charge >= 0.3 is 0 Å². The van der Waals surface area contributed by atoms with Crippen LogP contribution < -0.4 is 5.73 Å². The number of amides is 1. The molecule has 1 unspecified atom stereocenters. The van der Waals surface area contributed by atoms with Gasteiger partial charge in [0.25, 0.3) is 0 Å². The molecule has 3 heteroatoms. The smallest absolute Gasteiger partial charge is 0.225 e. The average Bonchev–Trinajstić information content (AvgIpc) is 2.14. The minimum absolute atomic E-state index is 0.102. The van der Waals surface area contributed by atoms with Crippen molar-refractivity contribution in [2.24, 2.45) is 11.7 Å². The molecule has 0 aliphatic rings. The summed E-state index contributed by atoms with van der Waals surface area (Å²) >= 11 is 0. The van der Waals surface area contributed by atoms with Gasteiger partial charge in [-0.25, -0.2) is 0 Å². The highest BCUT2D eigenvalue weighted by Crippen LogP contribution is 2.18. The van der Waals surface area contributed by atoms with Gasteiger partial charge in [0.15, 0.2) is 0 Å². The first-order chi connectivity index (χ1) is 6.84. The molecule has 1 atom stereocenters. The van der Waals surface area contributed by atoms with Gasteiger partial charge in [-0.3, -0.25) is 4.79 Å².